The van der Waals surface area contributed by atoms with Gasteiger partial charge in [0.15, 0.2) is 0 Å². The maximum absolute atomic E-state index is 11.2. The summed E-state index contributed by atoms with van der Waals surface area (Å²) in [6.45, 7) is 2.95. The number of nitro groups is 1. The number of nitro benzene ring substituents is 1. The van der Waals surface area contributed by atoms with E-state index in [4.69, 9.17) is 9.47 Å². The van der Waals surface area contributed by atoms with Crippen molar-refractivity contribution in [3.05, 3.63) is 39.9 Å². The van der Waals surface area contributed by atoms with Gasteiger partial charge >= 0.3 is 5.97 Å². The molecule has 0 bridgehead atoms. The molecule has 1 unspecified atom stereocenters. The highest BCUT2D eigenvalue weighted by molar-refractivity contribution is 5.72. The van der Waals surface area contributed by atoms with Gasteiger partial charge in [-0.1, -0.05) is 24.0 Å². The third-order valence-corrected chi connectivity index (χ3v) is 3.34. The molecule has 7 heteroatoms. The number of hydrogen-bond donors (Lipinski definition) is 0. The summed E-state index contributed by atoms with van der Waals surface area (Å²) < 4.78 is 10.0. The second kappa shape index (κ2) is 10.4. The third-order valence-electron chi connectivity index (χ3n) is 3.34. The van der Waals surface area contributed by atoms with Crippen LogP contribution in [0.1, 0.15) is 24.9 Å². The molecule has 0 aliphatic heterocycles. The van der Waals surface area contributed by atoms with Crippen LogP contribution in [0.2, 0.25) is 0 Å². The van der Waals surface area contributed by atoms with Crippen molar-refractivity contribution in [3.8, 4) is 11.8 Å². The number of esters is 1. The molecule has 0 fully saturated rings. The Bertz CT molecular complexity index is 604. The van der Waals surface area contributed by atoms with Crippen molar-refractivity contribution >= 4 is 11.7 Å². The number of methoxy groups -OCH3 is 1. The molecule has 0 saturated carbocycles. The van der Waals surface area contributed by atoms with Crippen LogP contribution in [0.4, 0.5) is 5.69 Å². The minimum absolute atomic E-state index is 0.0480. The Morgan fingerprint density at radius 1 is 1.33 bits per heavy atom. The molecule has 1 atom stereocenters. The quantitative estimate of drug-likeness (QED) is 0.314. The molecule has 130 valence electrons. The van der Waals surface area contributed by atoms with E-state index in [9.17, 15) is 14.9 Å². The molecule has 0 aliphatic carbocycles. The topological polar surface area (TPSA) is 81.9 Å². The van der Waals surface area contributed by atoms with Crippen LogP contribution in [0.25, 0.3) is 0 Å². The number of hydrogen-bond acceptors (Lipinski definition) is 6. The van der Waals surface area contributed by atoms with Crippen molar-refractivity contribution in [3.63, 3.8) is 0 Å². The van der Waals surface area contributed by atoms with Crippen LogP contribution in [0.15, 0.2) is 24.3 Å². The van der Waals surface area contributed by atoms with E-state index in [-0.39, 0.29) is 24.1 Å². The fourth-order valence-corrected chi connectivity index (χ4v) is 2.09. The maximum atomic E-state index is 11.2. The van der Waals surface area contributed by atoms with Gasteiger partial charge in [-0.05, 0) is 19.5 Å². The van der Waals surface area contributed by atoms with Gasteiger partial charge in [0.1, 0.15) is 6.42 Å². The summed E-state index contributed by atoms with van der Waals surface area (Å²) >= 11 is 0. The molecule has 0 aromatic heterocycles. The minimum Gasteiger partial charge on any atom is -0.465 e. The van der Waals surface area contributed by atoms with Crippen LogP contribution >= 0.6 is 0 Å². The van der Waals surface area contributed by atoms with Crippen molar-refractivity contribution in [1.29, 1.82) is 0 Å². The Morgan fingerprint density at radius 3 is 2.54 bits per heavy atom. The first-order valence-corrected chi connectivity index (χ1v) is 7.54. The normalized spacial score (nSPS) is 11.5. The lowest BCUT2D eigenvalue weighted by Crippen LogP contribution is -2.28. The minimum atomic E-state index is -0.431. The smallest absolute Gasteiger partial charge is 0.317 e. The summed E-state index contributed by atoms with van der Waals surface area (Å²) in [5, 5.41) is 10.7. The zero-order chi connectivity index (χ0) is 17.9. The highest BCUT2D eigenvalue weighted by Gasteiger charge is 2.17. The fourth-order valence-electron chi connectivity index (χ4n) is 2.09. The summed E-state index contributed by atoms with van der Waals surface area (Å²) in [6.07, 6.45) is 0.0636. The van der Waals surface area contributed by atoms with Crippen LogP contribution < -0.4 is 0 Å². The fraction of sp³-hybridized carbons (Fsp3) is 0.471. The summed E-state index contributed by atoms with van der Waals surface area (Å²) in [5.74, 6) is 5.36. The van der Waals surface area contributed by atoms with Gasteiger partial charge in [0.05, 0.1) is 30.7 Å². The molecule has 0 amide bonds. The van der Waals surface area contributed by atoms with Crippen molar-refractivity contribution in [2.75, 3.05) is 33.9 Å². The molecule has 0 N–H and O–H groups in total. The van der Waals surface area contributed by atoms with Crippen LogP contribution in [0, 0.1) is 22.0 Å². The first-order chi connectivity index (χ1) is 11.5. The summed E-state index contributed by atoms with van der Waals surface area (Å²) in [6, 6.07) is 6.28. The molecule has 0 aliphatic rings. The molecule has 0 heterocycles. The Labute approximate surface area is 141 Å². The zero-order valence-electron chi connectivity index (χ0n) is 14.2. The van der Waals surface area contributed by atoms with Crippen molar-refractivity contribution in [1.82, 2.24) is 4.90 Å². The summed E-state index contributed by atoms with van der Waals surface area (Å²) in [5.41, 5.74) is 0.948. The second-order valence-corrected chi connectivity index (χ2v) is 5.07. The van der Waals surface area contributed by atoms with Gasteiger partial charge < -0.3 is 9.47 Å². The van der Waals surface area contributed by atoms with Crippen LogP contribution in [-0.2, 0) is 14.3 Å². The largest absolute Gasteiger partial charge is 0.465 e. The lowest BCUT2D eigenvalue weighted by Gasteiger charge is -2.26. The number of benzene rings is 1. The monoisotopic (exact) mass is 334 g/mol. The molecule has 0 spiro atoms. The SMILES string of the molecule is CCOC(=O)CC#CCN(C)C(COC)c1ccc([N+](=O)[O-])cc1. The molecule has 1 rings (SSSR count). The first-order valence-electron chi connectivity index (χ1n) is 7.54. The molecule has 1 aromatic carbocycles. The van der Waals surface area contributed by atoms with E-state index in [0.717, 1.165) is 5.56 Å². The average molecular weight is 334 g/mol. The van der Waals surface area contributed by atoms with Gasteiger partial charge in [-0.25, -0.2) is 0 Å². The van der Waals surface area contributed by atoms with Crippen molar-refractivity contribution < 1.29 is 19.2 Å². The Hall–Kier alpha value is -2.43. The molecular formula is C17H22N2O5. The molecule has 24 heavy (non-hydrogen) atoms. The second-order valence-electron chi connectivity index (χ2n) is 5.07. The van der Waals surface area contributed by atoms with E-state index in [1.165, 1.54) is 12.1 Å². The summed E-state index contributed by atoms with van der Waals surface area (Å²) in [4.78, 5) is 23.5. The van der Waals surface area contributed by atoms with Gasteiger partial charge in [0.2, 0.25) is 0 Å². The molecule has 0 saturated heterocycles. The first kappa shape index (κ1) is 19.6. The van der Waals surface area contributed by atoms with E-state index in [2.05, 4.69) is 11.8 Å². The molecular weight excluding hydrogens is 312 g/mol. The number of carbonyl (C=O) groups is 1. The van der Waals surface area contributed by atoms with E-state index in [1.54, 1.807) is 26.2 Å². The zero-order valence-corrected chi connectivity index (χ0v) is 14.2. The highest BCUT2D eigenvalue weighted by Crippen LogP contribution is 2.22. The Kier molecular flexibility index (Phi) is 8.47. The number of carbonyl (C=O) groups excluding carboxylic acids is 1. The lowest BCUT2D eigenvalue weighted by atomic mass is 10.1. The van der Waals surface area contributed by atoms with E-state index in [1.807, 2.05) is 11.9 Å². The maximum Gasteiger partial charge on any atom is 0.317 e. The Morgan fingerprint density at radius 2 is 2.00 bits per heavy atom. The molecule has 7 nitrogen and oxygen atoms in total. The van der Waals surface area contributed by atoms with Crippen LogP contribution in [-0.4, -0.2) is 49.7 Å². The number of rotatable bonds is 8. The van der Waals surface area contributed by atoms with Gasteiger partial charge in [-0.15, -0.1) is 0 Å². The molecule has 1 aromatic rings. The number of likely N-dealkylation sites (N-methyl/N-ethyl adjacent to an activating group) is 1. The number of non-ortho nitro benzene ring substituents is 1. The number of nitrogens with zero attached hydrogens (tertiary/aromatic N) is 2. The van der Waals surface area contributed by atoms with Crippen LogP contribution in [0.3, 0.4) is 0 Å². The van der Waals surface area contributed by atoms with Gasteiger partial charge in [-0.2, -0.15) is 0 Å². The van der Waals surface area contributed by atoms with Gasteiger partial charge in [-0.3, -0.25) is 19.8 Å². The Balaban J connectivity index is 2.71. The predicted molar refractivity (Wildman–Crippen MR) is 89.4 cm³/mol. The van der Waals surface area contributed by atoms with Gasteiger partial charge in [0, 0.05) is 19.2 Å². The van der Waals surface area contributed by atoms with E-state index in [0.29, 0.717) is 19.8 Å². The lowest BCUT2D eigenvalue weighted by molar-refractivity contribution is -0.384. The van der Waals surface area contributed by atoms with E-state index >= 15 is 0 Å². The van der Waals surface area contributed by atoms with Crippen LogP contribution in [0.5, 0.6) is 0 Å². The number of ether oxygens (including phenoxy) is 2. The average Bonchev–Trinajstić information content (AvgIpc) is 2.56. The van der Waals surface area contributed by atoms with Gasteiger partial charge in [0.25, 0.3) is 5.69 Å². The predicted octanol–water partition coefficient (Wildman–Crippen LogP) is 2.17. The molecule has 0 radical (unpaired) electrons. The third kappa shape index (κ3) is 6.36. The standard InChI is InChI=1S/C17H22N2O5/c1-4-24-17(20)7-5-6-12-18(2)16(13-23-3)14-8-10-15(11-9-14)19(21)22/h8-11,16H,4,7,12-13H2,1-3H3. The summed E-state index contributed by atoms with van der Waals surface area (Å²) in [7, 11) is 3.48. The van der Waals surface area contributed by atoms with Crippen molar-refractivity contribution in [2.24, 2.45) is 0 Å². The van der Waals surface area contributed by atoms with Crippen molar-refractivity contribution in [2.45, 2.75) is 19.4 Å². The highest BCUT2D eigenvalue weighted by atomic mass is 16.6. The van der Waals surface area contributed by atoms with E-state index < -0.39 is 4.92 Å².